The zero-order chi connectivity index (χ0) is 16.3. The number of carbonyl (C=O) groups is 2. The number of hydrogen-bond acceptors (Lipinski definition) is 3. The molecule has 118 valence electrons. The zero-order valence-corrected chi connectivity index (χ0v) is 13.6. The molecule has 1 unspecified atom stereocenters. The van der Waals surface area contributed by atoms with Crippen LogP contribution in [-0.4, -0.2) is 23.5 Å². The van der Waals surface area contributed by atoms with Gasteiger partial charge in [-0.1, -0.05) is 30.1 Å². The average Bonchev–Trinajstić information content (AvgIpc) is 2.48. The van der Waals surface area contributed by atoms with Crippen LogP contribution in [0, 0.1) is 5.92 Å². The molecule has 0 amide bonds. The molecule has 1 aliphatic carbocycles. The third-order valence-electron chi connectivity index (χ3n) is 3.70. The van der Waals surface area contributed by atoms with Crippen molar-refractivity contribution in [1.82, 2.24) is 0 Å². The molecular weight excluding hydrogens is 327 g/mol. The first-order valence-corrected chi connectivity index (χ1v) is 7.77. The minimum absolute atomic E-state index is 0.0816. The number of carbonyl (C=O) groups excluding carboxylic acids is 1. The maximum atomic E-state index is 11.7. The van der Waals surface area contributed by atoms with Crippen LogP contribution >= 0.6 is 23.2 Å². The summed E-state index contributed by atoms with van der Waals surface area (Å²) in [7, 11) is 0. The number of halogens is 2. The van der Waals surface area contributed by atoms with E-state index in [1.165, 1.54) is 0 Å². The fraction of sp³-hybridized carbons (Fsp3) is 0.375. The molecule has 0 fully saturated rings. The molecule has 0 saturated carbocycles. The van der Waals surface area contributed by atoms with E-state index in [0.717, 1.165) is 18.4 Å². The molecule has 1 N–H and O–H groups in total. The van der Waals surface area contributed by atoms with Gasteiger partial charge in [-0.3, -0.25) is 4.79 Å². The van der Waals surface area contributed by atoms with Crippen molar-refractivity contribution in [2.75, 3.05) is 6.61 Å². The normalized spacial score (nSPS) is 18.0. The van der Waals surface area contributed by atoms with E-state index in [0.29, 0.717) is 12.0 Å². The standard InChI is InChI=1S/C16H16Cl2O4/c1-2-9-3-4-10(19)7-12(9)11-5-6-13(16(18)15(11)17)22-8-14(20)21/h5-7,9H,2-4,8H2,1H3,(H,20,21). The first-order valence-electron chi connectivity index (χ1n) is 7.01. The number of carboxylic acid groups (broad SMARTS) is 1. The van der Waals surface area contributed by atoms with Gasteiger partial charge in [-0.25, -0.2) is 4.79 Å². The van der Waals surface area contributed by atoms with Crippen molar-refractivity contribution in [3.8, 4) is 5.75 Å². The van der Waals surface area contributed by atoms with Crippen LogP contribution in [0.1, 0.15) is 31.7 Å². The molecule has 0 bridgehead atoms. The summed E-state index contributed by atoms with van der Waals surface area (Å²) in [6.45, 7) is 1.57. The zero-order valence-electron chi connectivity index (χ0n) is 12.1. The highest BCUT2D eigenvalue weighted by Crippen LogP contribution is 2.42. The summed E-state index contributed by atoms with van der Waals surface area (Å²) in [4.78, 5) is 22.3. The van der Waals surface area contributed by atoms with Gasteiger partial charge in [0, 0.05) is 6.42 Å². The quantitative estimate of drug-likeness (QED) is 0.869. The Balaban J connectivity index is 2.38. The first-order chi connectivity index (χ1) is 10.4. The number of ether oxygens (including phenoxy) is 1. The summed E-state index contributed by atoms with van der Waals surface area (Å²) < 4.78 is 5.09. The molecule has 0 heterocycles. The third-order valence-corrected chi connectivity index (χ3v) is 4.56. The average molecular weight is 343 g/mol. The Morgan fingerprint density at radius 3 is 2.73 bits per heavy atom. The number of carboxylic acids is 1. The molecule has 0 aromatic heterocycles. The largest absolute Gasteiger partial charge is 0.480 e. The van der Waals surface area contributed by atoms with E-state index in [2.05, 4.69) is 6.92 Å². The van der Waals surface area contributed by atoms with Gasteiger partial charge >= 0.3 is 5.97 Å². The first kappa shape index (κ1) is 16.8. The van der Waals surface area contributed by atoms with Crippen LogP contribution in [0.3, 0.4) is 0 Å². The molecule has 1 aromatic carbocycles. The van der Waals surface area contributed by atoms with Gasteiger partial charge in [0.1, 0.15) is 10.8 Å². The smallest absolute Gasteiger partial charge is 0.341 e. The van der Waals surface area contributed by atoms with E-state index in [4.69, 9.17) is 33.0 Å². The summed E-state index contributed by atoms with van der Waals surface area (Å²) in [5.74, 6) is -0.536. The van der Waals surface area contributed by atoms with Gasteiger partial charge in [0.15, 0.2) is 12.4 Å². The topological polar surface area (TPSA) is 63.6 Å². The maximum absolute atomic E-state index is 11.7. The van der Waals surface area contributed by atoms with E-state index in [9.17, 15) is 9.59 Å². The molecule has 22 heavy (non-hydrogen) atoms. The lowest BCUT2D eigenvalue weighted by molar-refractivity contribution is -0.139. The Labute approximate surface area is 138 Å². The van der Waals surface area contributed by atoms with Crippen molar-refractivity contribution in [2.24, 2.45) is 5.92 Å². The molecule has 4 nitrogen and oxygen atoms in total. The lowest BCUT2D eigenvalue weighted by Crippen LogP contribution is -2.13. The second-order valence-electron chi connectivity index (χ2n) is 5.13. The van der Waals surface area contributed by atoms with Crippen LogP contribution in [0.2, 0.25) is 10.0 Å². The lowest BCUT2D eigenvalue weighted by atomic mass is 9.81. The second kappa shape index (κ2) is 7.16. The Kier molecular flexibility index (Phi) is 5.48. The van der Waals surface area contributed by atoms with Crippen LogP contribution in [0.25, 0.3) is 5.57 Å². The summed E-state index contributed by atoms with van der Waals surface area (Å²) >= 11 is 12.5. The van der Waals surface area contributed by atoms with Gasteiger partial charge in [0.25, 0.3) is 0 Å². The Morgan fingerprint density at radius 2 is 2.09 bits per heavy atom. The monoisotopic (exact) mass is 342 g/mol. The molecule has 1 aliphatic rings. The highest BCUT2D eigenvalue weighted by Gasteiger charge is 2.24. The summed E-state index contributed by atoms with van der Waals surface area (Å²) in [5.41, 5.74) is 1.59. The van der Waals surface area contributed by atoms with Crippen LogP contribution in [0.5, 0.6) is 5.75 Å². The van der Waals surface area contributed by atoms with Crippen molar-refractivity contribution < 1.29 is 19.4 Å². The fourth-order valence-corrected chi connectivity index (χ4v) is 3.05. The van der Waals surface area contributed by atoms with Crippen LogP contribution in [-0.2, 0) is 9.59 Å². The predicted octanol–water partition coefficient (Wildman–Crippen LogP) is 4.23. The van der Waals surface area contributed by atoms with Crippen molar-refractivity contribution >= 4 is 40.5 Å². The van der Waals surface area contributed by atoms with Crippen LogP contribution in [0.15, 0.2) is 18.2 Å². The number of benzene rings is 1. The number of hydrogen-bond donors (Lipinski definition) is 1. The van der Waals surface area contributed by atoms with Gasteiger partial charge in [0.2, 0.25) is 0 Å². The molecule has 1 atom stereocenters. The number of allylic oxidation sites excluding steroid dienone is 2. The SMILES string of the molecule is CCC1CCC(=O)C=C1c1ccc(OCC(=O)O)c(Cl)c1Cl. The highest BCUT2D eigenvalue weighted by molar-refractivity contribution is 6.44. The van der Waals surface area contributed by atoms with E-state index < -0.39 is 12.6 Å². The Hall–Kier alpha value is -1.52. The second-order valence-corrected chi connectivity index (χ2v) is 5.89. The molecule has 1 aromatic rings. The number of ketones is 1. The Bertz CT molecular complexity index is 637. The molecule has 0 aliphatic heterocycles. The van der Waals surface area contributed by atoms with E-state index in [-0.39, 0.29) is 27.5 Å². The van der Waals surface area contributed by atoms with Crippen molar-refractivity contribution in [3.63, 3.8) is 0 Å². The maximum Gasteiger partial charge on any atom is 0.341 e. The van der Waals surface area contributed by atoms with Crippen molar-refractivity contribution in [2.45, 2.75) is 26.2 Å². The minimum atomic E-state index is -1.09. The summed E-state index contributed by atoms with van der Waals surface area (Å²) in [6, 6.07) is 3.30. The van der Waals surface area contributed by atoms with E-state index in [1.807, 2.05) is 0 Å². The van der Waals surface area contributed by atoms with E-state index in [1.54, 1.807) is 18.2 Å². The summed E-state index contributed by atoms with van der Waals surface area (Å²) in [6.07, 6.45) is 3.89. The molecule has 0 saturated heterocycles. The number of rotatable bonds is 5. The van der Waals surface area contributed by atoms with Gasteiger partial charge in [-0.2, -0.15) is 0 Å². The molecule has 6 heteroatoms. The predicted molar refractivity (Wildman–Crippen MR) is 85.6 cm³/mol. The Morgan fingerprint density at radius 1 is 1.36 bits per heavy atom. The molecule has 2 rings (SSSR count). The lowest BCUT2D eigenvalue weighted by Gasteiger charge is -2.24. The summed E-state index contributed by atoms with van der Waals surface area (Å²) in [5, 5.41) is 9.08. The van der Waals surface area contributed by atoms with Crippen LogP contribution < -0.4 is 4.74 Å². The van der Waals surface area contributed by atoms with Gasteiger partial charge < -0.3 is 9.84 Å². The molecule has 0 spiro atoms. The van der Waals surface area contributed by atoms with Gasteiger partial charge in [-0.05, 0) is 48.1 Å². The molecule has 0 radical (unpaired) electrons. The van der Waals surface area contributed by atoms with Crippen LogP contribution in [0.4, 0.5) is 0 Å². The van der Waals surface area contributed by atoms with Crippen molar-refractivity contribution in [1.29, 1.82) is 0 Å². The van der Waals surface area contributed by atoms with Gasteiger partial charge in [0.05, 0.1) is 5.02 Å². The third kappa shape index (κ3) is 3.62. The highest BCUT2D eigenvalue weighted by atomic mass is 35.5. The van der Waals surface area contributed by atoms with E-state index >= 15 is 0 Å². The fourth-order valence-electron chi connectivity index (χ4n) is 2.56. The number of aliphatic carboxylic acids is 1. The van der Waals surface area contributed by atoms with Crippen molar-refractivity contribution in [3.05, 3.63) is 33.8 Å². The van der Waals surface area contributed by atoms with Gasteiger partial charge in [-0.15, -0.1) is 0 Å². The minimum Gasteiger partial charge on any atom is -0.480 e. The molecular formula is C16H16Cl2O4.